The van der Waals surface area contributed by atoms with Crippen LogP contribution in [0.4, 0.5) is 4.39 Å². The van der Waals surface area contributed by atoms with Crippen LogP contribution in [0.5, 0.6) is 0 Å². The van der Waals surface area contributed by atoms with Gasteiger partial charge in [-0.15, -0.1) is 0 Å². The monoisotopic (exact) mass is 237 g/mol. The predicted molar refractivity (Wildman–Crippen MR) is 71.6 cm³/mol. The van der Waals surface area contributed by atoms with Gasteiger partial charge in [-0.3, -0.25) is 0 Å². The molecule has 0 saturated heterocycles. The normalized spacial score (nSPS) is 14.6. The highest BCUT2D eigenvalue weighted by Crippen LogP contribution is 2.26. The molecule has 0 bridgehead atoms. The molecule has 0 aliphatic heterocycles. The molecule has 0 amide bonds. The maximum Gasteiger partial charge on any atom is 0.130 e. The maximum absolute atomic E-state index is 14.1. The van der Waals surface area contributed by atoms with Crippen LogP contribution in [0.1, 0.15) is 50.8 Å². The third-order valence-electron chi connectivity index (χ3n) is 3.38. The van der Waals surface area contributed by atoms with Crippen molar-refractivity contribution >= 4 is 0 Å². The van der Waals surface area contributed by atoms with Gasteiger partial charge in [0.05, 0.1) is 0 Å². The van der Waals surface area contributed by atoms with Crippen molar-refractivity contribution in [3.05, 3.63) is 35.1 Å². The molecule has 17 heavy (non-hydrogen) atoms. The molecule has 2 unspecified atom stereocenters. The molecule has 0 aliphatic carbocycles. The van der Waals surface area contributed by atoms with Crippen molar-refractivity contribution < 1.29 is 4.39 Å². The Labute approximate surface area is 104 Å². The molecule has 0 saturated carbocycles. The Bertz CT molecular complexity index is 349. The molecular formula is C15H24FN. The zero-order chi connectivity index (χ0) is 12.8. The van der Waals surface area contributed by atoms with E-state index in [1.165, 1.54) is 0 Å². The molecule has 0 heterocycles. The van der Waals surface area contributed by atoms with Crippen LogP contribution in [-0.2, 0) is 0 Å². The molecule has 96 valence electrons. The summed E-state index contributed by atoms with van der Waals surface area (Å²) in [7, 11) is 0. The van der Waals surface area contributed by atoms with E-state index in [-0.39, 0.29) is 11.9 Å². The lowest BCUT2D eigenvalue weighted by atomic mass is 9.93. The minimum absolute atomic E-state index is 0.0539. The van der Waals surface area contributed by atoms with Crippen LogP contribution in [0, 0.1) is 18.7 Å². The van der Waals surface area contributed by atoms with Crippen LogP contribution in [0.25, 0.3) is 0 Å². The smallest absolute Gasteiger partial charge is 0.130 e. The van der Waals surface area contributed by atoms with Gasteiger partial charge in [0.2, 0.25) is 0 Å². The number of hydrogen-bond donors (Lipinski definition) is 1. The fourth-order valence-corrected chi connectivity index (χ4v) is 2.07. The Morgan fingerprint density at radius 3 is 2.59 bits per heavy atom. The third kappa shape index (κ3) is 3.81. The second-order valence-corrected chi connectivity index (χ2v) is 4.84. The van der Waals surface area contributed by atoms with Crippen LogP contribution in [0.2, 0.25) is 0 Å². The largest absolute Gasteiger partial charge is 0.310 e. The first-order valence-electron chi connectivity index (χ1n) is 6.58. The molecule has 1 N–H and O–H groups in total. The lowest BCUT2D eigenvalue weighted by molar-refractivity contribution is 0.397. The summed E-state index contributed by atoms with van der Waals surface area (Å²) in [4.78, 5) is 0. The van der Waals surface area contributed by atoms with Crippen LogP contribution in [-0.4, -0.2) is 6.54 Å². The highest BCUT2D eigenvalue weighted by Gasteiger charge is 2.17. The van der Waals surface area contributed by atoms with Crippen molar-refractivity contribution in [2.24, 2.45) is 5.92 Å². The molecular weight excluding hydrogens is 213 g/mol. The fraction of sp³-hybridized carbons (Fsp3) is 0.600. The molecule has 0 aromatic heterocycles. The number of rotatable bonds is 6. The summed E-state index contributed by atoms with van der Waals surface area (Å²) in [5, 5.41) is 3.39. The van der Waals surface area contributed by atoms with Gasteiger partial charge in [0.15, 0.2) is 0 Å². The average Bonchev–Trinajstić information content (AvgIpc) is 2.32. The van der Waals surface area contributed by atoms with Crippen molar-refractivity contribution in [2.75, 3.05) is 6.54 Å². The van der Waals surface area contributed by atoms with E-state index in [0.717, 1.165) is 30.5 Å². The summed E-state index contributed by atoms with van der Waals surface area (Å²) in [5.41, 5.74) is 1.54. The minimum Gasteiger partial charge on any atom is -0.310 e. The quantitative estimate of drug-likeness (QED) is 0.781. The summed E-state index contributed by atoms with van der Waals surface area (Å²) in [6.45, 7) is 9.16. The van der Waals surface area contributed by atoms with E-state index < -0.39 is 0 Å². The fourth-order valence-electron chi connectivity index (χ4n) is 2.07. The van der Waals surface area contributed by atoms with Crippen LogP contribution >= 0.6 is 0 Å². The summed E-state index contributed by atoms with van der Waals surface area (Å²) >= 11 is 0. The molecule has 0 radical (unpaired) electrons. The second-order valence-electron chi connectivity index (χ2n) is 4.84. The lowest BCUT2D eigenvalue weighted by Gasteiger charge is -2.22. The zero-order valence-electron chi connectivity index (χ0n) is 11.4. The van der Waals surface area contributed by atoms with Crippen LogP contribution in [0.3, 0.4) is 0 Å². The zero-order valence-corrected chi connectivity index (χ0v) is 11.4. The van der Waals surface area contributed by atoms with Gasteiger partial charge < -0.3 is 5.32 Å². The van der Waals surface area contributed by atoms with Crippen molar-refractivity contribution in [3.63, 3.8) is 0 Å². The van der Waals surface area contributed by atoms with E-state index in [2.05, 4.69) is 26.1 Å². The highest BCUT2D eigenvalue weighted by atomic mass is 19.1. The molecule has 0 aliphatic rings. The Morgan fingerprint density at radius 1 is 1.29 bits per heavy atom. The van der Waals surface area contributed by atoms with Gasteiger partial charge in [-0.05, 0) is 31.4 Å². The Balaban J connectivity index is 2.92. The van der Waals surface area contributed by atoms with E-state index in [4.69, 9.17) is 0 Å². The van der Waals surface area contributed by atoms with E-state index in [1.54, 1.807) is 0 Å². The number of benzene rings is 1. The topological polar surface area (TPSA) is 12.0 Å². The SMILES string of the molecule is CCNC(CC(C)CC)c1cccc(C)c1F. The molecule has 1 aromatic carbocycles. The first-order valence-corrected chi connectivity index (χ1v) is 6.58. The number of halogens is 1. The van der Waals surface area contributed by atoms with Gasteiger partial charge in [0.25, 0.3) is 0 Å². The number of hydrogen-bond acceptors (Lipinski definition) is 1. The van der Waals surface area contributed by atoms with E-state index in [0.29, 0.717) is 5.92 Å². The van der Waals surface area contributed by atoms with Crippen molar-refractivity contribution in [3.8, 4) is 0 Å². The van der Waals surface area contributed by atoms with E-state index >= 15 is 0 Å². The average molecular weight is 237 g/mol. The summed E-state index contributed by atoms with van der Waals surface area (Å²) in [6.07, 6.45) is 2.13. The lowest BCUT2D eigenvalue weighted by Crippen LogP contribution is -2.24. The van der Waals surface area contributed by atoms with E-state index in [1.807, 2.05) is 25.1 Å². The van der Waals surface area contributed by atoms with Crippen molar-refractivity contribution in [1.82, 2.24) is 5.32 Å². The van der Waals surface area contributed by atoms with Crippen LogP contribution in [0.15, 0.2) is 18.2 Å². The molecule has 0 fully saturated rings. The summed E-state index contributed by atoms with van der Waals surface area (Å²) in [6, 6.07) is 5.80. The van der Waals surface area contributed by atoms with Gasteiger partial charge in [-0.25, -0.2) is 4.39 Å². The van der Waals surface area contributed by atoms with Gasteiger partial charge in [-0.2, -0.15) is 0 Å². The molecule has 2 heteroatoms. The van der Waals surface area contributed by atoms with Crippen molar-refractivity contribution in [2.45, 2.75) is 46.6 Å². The number of aryl methyl sites for hydroxylation is 1. The predicted octanol–water partition coefficient (Wildman–Crippen LogP) is 4.22. The number of nitrogens with one attached hydrogen (secondary N) is 1. The van der Waals surface area contributed by atoms with Crippen LogP contribution < -0.4 is 5.32 Å². The Hall–Kier alpha value is -0.890. The molecule has 1 nitrogen and oxygen atoms in total. The van der Waals surface area contributed by atoms with Gasteiger partial charge >= 0.3 is 0 Å². The third-order valence-corrected chi connectivity index (χ3v) is 3.38. The maximum atomic E-state index is 14.1. The summed E-state index contributed by atoms with van der Waals surface area (Å²) < 4.78 is 14.1. The first kappa shape index (κ1) is 14.2. The second kappa shape index (κ2) is 6.75. The molecule has 0 spiro atoms. The van der Waals surface area contributed by atoms with Gasteiger partial charge in [0, 0.05) is 11.6 Å². The summed E-state index contributed by atoms with van der Waals surface area (Å²) in [5.74, 6) is 0.556. The van der Waals surface area contributed by atoms with Gasteiger partial charge in [-0.1, -0.05) is 45.4 Å². The molecule has 2 atom stereocenters. The van der Waals surface area contributed by atoms with Gasteiger partial charge in [0.1, 0.15) is 5.82 Å². The minimum atomic E-state index is -0.0539. The Morgan fingerprint density at radius 2 is 2.00 bits per heavy atom. The standard InChI is InChI=1S/C15H24FN/c1-5-11(3)10-14(17-6-2)13-9-7-8-12(4)15(13)16/h7-9,11,14,17H,5-6,10H2,1-4H3. The Kier molecular flexibility index (Phi) is 5.63. The molecule has 1 aromatic rings. The first-order chi connectivity index (χ1) is 8.10. The molecule has 1 rings (SSSR count). The highest BCUT2D eigenvalue weighted by molar-refractivity contribution is 5.27. The van der Waals surface area contributed by atoms with E-state index in [9.17, 15) is 4.39 Å². The van der Waals surface area contributed by atoms with Crippen molar-refractivity contribution in [1.29, 1.82) is 0 Å².